The molecule has 2 aromatic carbocycles. The second-order valence-electron chi connectivity index (χ2n) is 9.42. The Morgan fingerprint density at radius 2 is 1.76 bits per heavy atom. The van der Waals surface area contributed by atoms with Crippen molar-refractivity contribution in [3.8, 4) is 5.75 Å². The molecule has 37 heavy (non-hydrogen) atoms. The van der Waals surface area contributed by atoms with Crippen molar-refractivity contribution in [2.45, 2.75) is 52.6 Å². The van der Waals surface area contributed by atoms with E-state index in [2.05, 4.69) is 13.0 Å². The topological polar surface area (TPSA) is 65.1 Å². The number of carbonyl (C=O) groups excluding carboxylic acids is 2. The molecule has 9 heteroatoms. The number of amides is 1. The summed E-state index contributed by atoms with van der Waals surface area (Å²) in [5.74, 6) is -0.0894. The van der Waals surface area contributed by atoms with Crippen LogP contribution in [-0.2, 0) is 47.0 Å². The van der Waals surface area contributed by atoms with Crippen LogP contribution in [0, 0.1) is 25.8 Å². The van der Waals surface area contributed by atoms with Crippen molar-refractivity contribution in [3.05, 3.63) is 70.6 Å². The summed E-state index contributed by atoms with van der Waals surface area (Å²) in [6.07, 6.45) is 0.323. The summed E-state index contributed by atoms with van der Waals surface area (Å²) < 4.78 is 15.8. The molecule has 0 aromatic heterocycles. The maximum absolute atomic E-state index is 12.4. The minimum atomic E-state index is -0.553. The van der Waals surface area contributed by atoms with Crippen LogP contribution in [0.5, 0.6) is 5.75 Å². The number of likely N-dealkylation sites (tertiary alicyclic amines) is 1. The Hall–Kier alpha value is -1.34. The first kappa shape index (κ1) is 33.7. The van der Waals surface area contributed by atoms with Crippen LogP contribution in [0.25, 0.3) is 0 Å². The van der Waals surface area contributed by atoms with E-state index >= 15 is 0 Å². The fraction of sp³-hybridized carbons (Fsp3) is 0.464. The molecule has 1 radical (unpaired) electrons. The van der Waals surface area contributed by atoms with Gasteiger partial charge in [-0.05, 0) is 71.3 Å². The van der Waals surface area contributed by atoms with Crippen LogP contribution in [0.4, 0.5) is 4.79 Å². The average Bonchev–Trinajstić information content (AvgIpc) is 2.81. The van der Waals surface area contributed by atoms with E-state index in [-0.39, 0.29) is 56.6 Å². The molecular weight excluding hydrogens is 590 g/mol. The molecule has 1 fully saturated rings. The molecule has 1 heterocycles. The zero-order valence-corrected chi connectivity index (χ0v) is 26.5. The Labute approximate surface area is 256 Å². The van der Waals surface area contributed by atoms with Crippen molar-refractivity contribution in [1.29, 1.82) is 0 Å². The van der Waals surface area contributed by atoms with Crippen LogP contribution < -0.4 is 4.74 Å². The maximum Gasteiger partial charge on any atom is 0.410 e. The summed E-state index contributed by atoms with van der Waals surface area (Å²) in [4.78, 5) is 26.4. The second kappa shape index (κ2) is 15.9. The van der Waals surface area contributed by atoms with Gasteiger partial charge in [-0.1, -0.05) is 23.2 Å². The van der Waals surface area contributed by atoms with Crippen LogP contribution in [0.1, 0.15) is 51.2 Å². The SMILES string of the molecule is CCOC(=O)C1CN(C(=O)OC(C)(C)C)CCC1c1cc[c-]cc1.[CH2-]COc1c(Cl)cc(C)cc1Cl.[Y]. The Morgan fingerprint density at radius 1 is 1.16 bits per heavy atom. The number of rotatable bonds is 5. The van der Waals surface area contributed by atoms with Crippen molar-refractivity contribution >= 4 is 35.3 Å². The molecule has 2 aromatic rings. The van der Waals surface area contributed by atoms with Crippen LogP contribution in [-0.4, -0.2) is 48.9 Å². The first-order valence-electron chi connectivity index (χ1n) is 11.9. The first-order chi connectivity index (χ1) is 17.0. The van der Waals surface area contributed by atoms with Gasteiger partial charge in [-0.25, -0.2) is 4.79 Å². The summed E-state index contributed by atoms with van der Waals surface area (Å²) in [6, 6.07) is 14.2. The number of nitrogens with zero attached hydrogens (tertiary/aromatic N) is 1. The number of benzene rings is 2. The van der Waals surface area contributed by atoms with Crippen molar-refractivity contribution in [1.82, 2.24) is 4.90 Å². The van der Waals surface area contributed by atoms with Gasteiger partial charge >= 0.3 is 12.1 Å². The number of carbonyl (C=O) groups is 2. The van der Waals surface area contributed by atoms with Gasteiger partial charge in [0.15, 0.2) is 5.75 Å². The molecule has 2 atom stereocenters. The summed E-state index contributed by atoms with van der Waals surface area (Å²) in [5.41, 5.74) is 1.54. The fourth-order valence-corrected chi connectivity index (χ4v) is 4.61. The summed E-state index contributed by atoms with van der Waals surface area (Å²) in [5, 5.41) is 1.06. The van der Waals surface area contributed by atoms with Gasteiger partial charge in [0.1, 0.15) is 5.60 Å². The van der Waals surface area contributed by atoms with Gasteiger partial charge in [0.25, 0.3) is 0 Å². The molecule has 201 valence electrons. The average molecular weight is 625 g/mol. The van der Waals surface area contributed by atoms with Gasteiger partial charge in [0, 0.05) is 45.8 Å². The zero-order chi connectivity index (χ0) is 26.9. The molecule has 1 saturated heterocycles. The molecule has 0 saturated carbocycles. The molecular formula is C28H35Cl2NO5Y-2. The van der Waals surface area contributed by atoms with Crippen molar-refractivity contribution < 1.29 is 56.5 Å². The monoisotopic (exact) mass is 624 g/mol. The number of esters is 1. The number of hydrogen-bond donors (Lipinski definition) is 0. The first-order valence-corrected chi connectivity index (χ1v) is 12.7. The van der Waals surface area contributed by atoms with Crippen LogP contribution in [0.15, 0.2) is 36.4 Å². The van der Waals surface area contributed by atoms with Gasteiger partial charge in [-0.3, -0.25) is 4.79 Å². The Bertz CT molecular complexity index is 990. The normalized spacial score (nSPS) is 17.0. The largest absolute Gasteiger partial charge is 0.523 e. The zero-order valence-electron chi connectivity index (χ0n) is 22.2. The van der Waals surface area contributed by atoms with Crippen molar-refractivity contribution in [3.63, 3.8) is 0 Å². The Balaban J connectivity index is 0.000000445. The molecule has 0 N–H and O–H groups in total. The fourth-order valence-electron chi connectivity index (χ4n) is 3.90. The third-order valence-corrected chi connectivity index (χ3v) is 5.98. The third-order valence-electron chi connectivity index (χ3n) is 5.42. The van der Waals surface area contributed by atoms with Gasteiger partial charge in [-0.15, -0.1) is 0 Å². The molecule has 3 rings (SSSR count). The quantitative estimate of drug-likeness (QED) is 0.267. The molecule has 6 nitrogen and oxygen atoms in total. The molecule has 2 unspecified atom stereocenters. The van der Waals surface area contributed by atoms with E-state index in [9.17, 15) is 9.59 Å². The molecule has 0 aliphatic carbocycles. The van der Waals surface area contributed by atoms with E-state index < -0.39 is 5.60 Å². The van der Waals surface area contributed by atoms with Gasteiger partial charge in [0.2, 0.25) is 0 Å². The standard InChI is InChI=1S/C19H26NO4.C9H9Cl2O.Y/c1-5-23-17(21)16-13-20(18(22)24-19(2,3)4)12-11-15(16)14-9-7-6-8-10-14;1-3-12-9-7(10)4-6(2)5-8(9)11;/h7-10,15-16H,5,11-13H2,1-4H3;4-5H,1,3H2,2H3;/q2*-1;. The van der Waals surface area contributed by atoms with E-state index in [1.165, 1.54) is 0 Å². The van der Waals surface area contributed by atoms with E-state index in [0.717, 1.165) is 11.1 Å². The minimum absolute atomic E-state index is 0. The number of halogens is 2. The third kappa shape index (κ3) is 10.7. The molecule has 1 aliphatic heterocycles. The Morgan fingerprint density at radius 3 is 2.27 bits per heavy atom. The number of aryl methyl sites for hydroxylation is 1. The smallest absolute Gasteiger partial charge is 0.410 e. The van der Waals surface area contributed by atoms with Gasteiger partial charge in [-0.2, -0.15) is 35.9 Å². The van der Waals surface area contributed by atoms with Crippen molar-refractivity contribution in [2.24, 2.45) is 5.92 Å². The number of hydrogen-bond acceptors (Lipinski definition) is 5. The Kier molecular flexibility index (Phi) is 14.5. The predicted octanol–water partition coefficient (Wildman–Crippen LogP) is 6.90. The number of ether oxygens (including phenoxy) is 3. The molecule has 1 amide bonds. The van der Waals surface area contributed by atoms with Crippen LogP contribution in [0.3, 0.4) is 0 Å². The van der Waals surface area contributed by atoms with E-state index in [0.29, 0.717) is 48.5 Å². The predicted molar refractivity (Wildman–Crippen MR) is 143 cm³/mol. The second-order valence-corrected chi connectivity index (χ2v) is 10.2. The van der Waals surface area contributed by atoms with E-state index in [4.69, 9.17) is 37.4 Å². The van der Waals surface area contributed by atoms with Crippen LogP contribution >= 0.6 is 23.2 Å². The summed E-state index contributed by atoms with van der Waals surface area (Å²) in [7, 11) is 0. The molecule has 0 spiro atoms. The summed E-state index contributed by atoms with van der Waals surface area (Å²) >= 11 is 11.8. The summed E-state index contributed by atoms with van der Waals surface area (Å²) in [6.45, 7) is 14.3. The van der Waals surface area contributed by atoms with Gasteiger partial charge in [0.05, 0.1) is 22.6 Å². The maximum atomic E-state index is 12.4. The van der Waals surface area contributed by atoms with Crippen molar-refractivity contribution in [2.75, 3.05) is 26.3 Å². The number of piperidine rings is 1. The molecule has 1 aliphatic rings. The minimum Gasteiger partial charge on any atom is -0.523 e. The van der Waals surface area contributed by atoms with Gasteiger partial charge < -0.3 is 26.0 Å². The van der Waals surface area contributed by atoms with E-state index in [1.807, 2.05) is 52.0 Å². The molecule has 0 bridgehead atoms. The van der Waals surface area contributed by atoms with Crippen LogP contribution in [0.2, 0.25) is 10.0 Å². The van der Waals surface area contributed by atoms with E-state index in [1.54, 1.807) is 24.0 Å².